The number of rotatable bonds is 8. The first kappa shape index (κ1) is 27.4. The highest BCUT2D eigenvalue weighted by molar-refractivity contribution is 6.37. The Kier molecular flexibility index (Phi) is 6.86. The van der Waals surface area contributed by atoms with E-state index in [2.05, 4.69) is 10.6 Å². The summed E-state index contributed by atoms with van der Waals surface area (Å²) in [6.45, 7) is 11.2. The fourth-order valence-corrected chi connectivity index (χ4v) is 6.30. The lowest BCUT2D eigenvalue weighted by Crippen LogP contribution is -2.60. The molecule has 4 amide bonds. The average molecular weight is 519 g/mol. The maximum Gasteiger partial charge on any atom is 0.408 e. The van der Waals surface area contributed by atoms with Crippen LogP contribution < -0.4 is 16.4 Å². The third-order valence-corrected chi connectivity index (χ3v) is 8.62. The number of carbonyl (C=O) groups excluding carboxylic acids is 5. The molecule has 4 fully saturated rings. The van der Waals surface area contributed by atoms with Crippen molar-refractivity contribution in [3.8, 4) is 0 Å². The van der Waals surface area contributed by atoms with Crippen molar-refractivity contribution < 1.29 is 28.7 Å². The van der Waals surface area contributed by atoms with Gasteiger partial charge in [0.25, 0.3) is 5.91 Å². The molecule has 0 bridgehead atoms. The van der Waals surface area contributed by atoms with Gasteiger partial charge in [-0.25, -0.2) is 4.79 Å². The molecular weight excluding hydrogens is 476 g/mol. The van der Waals surface area contributed by atoms with Gasteiger partial charge in [-0.15, -0.1) is 0 Å². The van der Waals surface area contributed by atoms with Crippen LogP contribution in [0.15, 0.2) is 0 Å². The zero-order valence-corrected chi connectivity index (χ0v) is 22.9. The van der Waals surface area contributed by atoms with Crippen LogP contribution in [0.3, 0.4) is 0 Å². The van der Waals surface area contributed by atoms with Gasteiger partial charge in [-0.3, -0.25) is 19.2 Å². The van der Waals surface area contributed by atoms with Crippen LogP contribution in [0.4, 0.5) is 4.79 Å². The lowest BCUT2D eigenvalue weighted by molar-refractivity contribution is -0.145. The third kappa shape index (κ3) is 5.48. The lowest BCUT2D eigenvalue weighted by atomic mass is 9.80. The van der Waals surface area contributed by atoms with E-state index in [1.807, 2.05) is 20.8 Å². The summed E-state index contributed by atoms with van der Waals surface area (Å²) in [5.74, 6) is -2.13. The highest BCUT2D eigenvalue weighted by Gasteiger charge is 2.79. The predicted molar refractivity (Wildman–Crippen MR) is 135 cm³/mol. The highest BCUT2D eigenvalue weighted by atomic mass is 16.6. The molecule has 37 heavy (non-hydrogen) atoms. The quantitative estimate of drug-likeness (QED) is 0.418. The third-order valence-electron chi connectivity index (χ3n) is 8.62. The zero-order valence-electron chi connectivity index (χ0n) is 22.9. The van der Waals surface area contributed by atoms with Gasteiger partial charge in [0.2, 0.25) is 17.6 Å². The molecular formula is C27H42N4O6. The maximum absolute atomic E-state index is 13.9. The molecule has 3 saturated carbocycles. The molecule has 206 valence electrons. The van der Waals surface area contributed by atoms with E-state index in [1.165, 1.54) is 0 Å². The summed E-state index contributed by atoms with van der Waals surface area (Å²) in [5.41, 5.74) is 4.02. The number of amides is 4. The number of alkyl carbamates (subject to hydrolysis) is 1. The van der Waals surface area contributed by atoms with E-state index in [4.69, 9.17) is 10.5 Å². The van der Waals surface area contributed by atoms with Crippen molar-refractivity contribution in [3.63, 3.8) is 0 Å². The molecule has 1 aliphatic heterocycles. The van der Waals surface area contributed by atoms with Crippen LogP contribution in [-0.2, 0) is 23.9 Å². The molecule has 4 rings (SSSR count). The molecule has 10 nitrogen and oxygen atoms in total. The molecule has 10 heteroatoms. The minimum atomic E-state index is -1.07. The second-order valence-corrected chi connectivity index (χ2v) is 13.6. The van der Waals surface area contributed by atoms with Gasteiger partial charge >= 0.3 is 6.09 Å². The van der Waals surface area contributed by atoms with Crippen LogP contribution >= 0.6 is 0 Å². The van der Waals surface area contributed by atoms with Crippen molar-refractivity contribution >= 4 is 29.6 Å². The summed E-state index contributed by atoms with van der Waals surface area (Å²) in [6, 6.07) is -2.66. The highest BCUT2D eigenvalue weighted by Crippen LogP contribution is 2.78. The Morgan fingerprint density at radius 1 is 1.03 bits per heavy atom. The van der Waals surface area contributed by atoms with E-state index in [9.17, 15) is 24.0 Å². The number of nitrogens with two attached hydrogens (primary N) is 1. The fraction of sp³-hybridized carbons (Fsp3) is 0.815. The van der Waals surface area contributed by atoms with E-state index in [1.54, 1.807) is 25.7 Å². The molecule has 1 unspecified atom stereocenters. The number of likely N-dealkylation sites (tertiary alicyclic amines) is 1. The Bertz CT molecular complexity index is 988. The van der Waals surface area contributed by atoms with Gasteiger partial charge in [-0.05, 0) is 68.6 Å². The largest absolute Gasteiger partial charge is 0.444 e. The number of nitrogens with zero attached hydrogens (tertiary/aromatic N) is 1. The van der Waals surface area contributed by atoms with Crippen LogP contribution in [0.1, 0.15) is 80.1 Å². The minimum absolute atomic E-state index is 0.0200. The Balaban J connectivity index is 1.54. The van der Waals surface area contributed by atoms with E-state index < -0.39 is 52.8 Å². The number of fused-ring (bicyclic) bond motifs is 3. The molecule has 1 heterocycles. The summed E-state index contributed by atoms with van der Waals surface area (Å²) >= 11 is 0. The smallest absolute Gasteiger partial charge is 0.408 e. The van der Waals surface area contributed by atoms with E-state index in [-0.39, 0.29) is 29.1 Å². The Morgan fingerprint density at radius 3 is 2.11 bits per heavy atom. The predicted octanol–water partition coefficient (Wildman–Crippen LogP) is 1.89. The monoisotopic (exact) mass is 518 g/mol. The van der Waals surface area contributed by atoms with E-state index >= 15 is 0 Å². The van der Waals surface area contributed by atoms with E-state index in [0.717, 1.165) is 32.1 Å². The molecule has 0 aromatic rings. The number of hydrogen-bond acceptors (Lipinski definition) is 6. The maximum atomic E-state index is 13.9. The number of nitrogens with one attached hydrogen (secondary N) is 2. The van der Waals surface area contributed by atoms with Crippen molar-refractivity contribution in [3.05, 3.63) is 0 Å². The van der Waals surface area contributed by atoms with Crippen LogP contribution in [0, 0.1) is 28.6 Å². The molecule has 4 aliphatic rings. The number of hydrogen-bond donors (Lipinski definition) is 3. The molecule has 4 N–H and O–H groups in total. The minimum Gasteiger partial charge on any atom is -0.444 e. The van der Waals surface area contributed by atoms with Gasteiger partial charge < -0.3 is 26.0 Å². The summed E-state index contributed by atoms with van der Waals surface area (Å²) in [5, 5.41) is 5.53. The van der Waals surface area contributed by atoms with Crippen molar-refractivity contribution in [2.45, 2.75) is 104 Å². The van der Waals surface area contributed by atoms with Gasteiger partial charge in [-0.2, -0.15) is 0 Å². The average Bonchev–Trinajstić information content (AvgIpc) is 3.58. The molecule has 1 spiro atoms. The first-order valence-corrected chi connectivity index (χ1v) is 13.5. The van der Waals surface area contributed by atoms with Gasteiger partial charge in [0.1, 0.15) is 17.7 Å². The van der Waals surface area contributed by atoms with Crippen molar-refractivity contribution in [1.29, 1.82) is 0 Å². The first-order chi connectivity index (χ1) is 17.0. The SMILES string of the molecule is CC(C)(C)OC(=O)N[C@H](C(=O)N1C[C@H]2[C@@H]([C@H]1C(=O)NC(CC1CCC1)C(=O)C(N)=O)C21CC1)C(C)(C)C. The normalized spacial score (nSPS) is 27.4. The van der Waals surface area contributed by atoms with Gasteiger partial charge in [0.05, 0.1) is 6.04 Å². The molecule has 3 aliphatic carbocycles. The van der Waals surface area contributed by atoms with Crippen LogP contribution in [0.25, 0.3) is 0 Å². The molecule has 1 saturated heterocycles. The molecule has 5 atom stereocenters. The van der Waals surface area contributed by atoms with Gasteiger partial charge in [0, 0.05) is 6.54 Å². The summed E-state index contributed by atoms with van der Waals surface area (Å²) in [6.07, 6.45) is 4.69. The van der Waals surface area contributed by atoms with Gasteiger partial charge in [0.15, 0.2) is 0 Å². The summed E-state index contributed by atoms with van der Waals surface area (Å²) < 4.78 is 5.40. The van der Waals surface area contributed by atoms with E-state index in [0.29, 0.717) is 13.0 Å². The molecule has 0 aromatic heterocycles. The Labute approximate surface area is 218 Å². The molecule has 0 aromatic carbocycles. The Hall–Kier alpha value is -2.65. The van der Waals surface area contributed by atoms with Crippen molar-refractivity contribution in [1.82, 2.24) is 15.5 Å². The Morgan fingerprint density at radius 2 is 1.65 bits per heavy atom. The second-order valence-electron chi connectivity index (χ2n) is 13.6. The lowest BCUT2D eigenvalue weighted by Gasteiger charge is -2.37. The first-order valence-electron chi connectivity index (χ1n) is 13.5. The summed E-state index contributed by atoms with van der Waals surface area (Å²) in [4.78, 5) is 66.0. The number of primary amides is 1. The summed E-state index contributed by atoms with van der Waals surface area (Å²) in [7, 11) is 0. The molecule has 0 radical (unpaired) electrons. The number of ether oxygens (including phenoxy) is 1. The number of Topliss-reactive ketones (excluding diaryl/α,β-unsaturated/α-hetero) is 1. The standard InChI is InChI=1S/C27H42N4O6/c1-25(2,3)20(30-24(36)37-26(4,5)6)23(35)31-13-15-17(27(15)10-11-27)18(31)22(34)29-16(19(32)21(28)33)12-14-8-7-9-14/h14-18,20H,7-13H2,1-6H3,(H2,28,33)(H,29,34)(H,30,36)/t15-,16?,17-,18-,20+/m0/s1. The van der Waals surface area contributed by atoms with Crippen molar-refractivity contribution in [2.75, 3.05) is 6.54 Å². The number of ketones is 1. The zero-order chi connectivity index (χ0) is 27.5. The van der Waals surface area contributed by atoms with Gasteiger partial charge in [-0.1, -0.05) is 40.0 Å². The second kappa shape index (κ2) is 9.27. The number of piperidine rings is 1. The fourth-order valence-electron chi connectivity index (χ4n) is 6.30. The topological polar surface area (TPSA) is 148 Å². The van der Waals surface area contributed by atoms with Crippen LogP contribution in [-0.4, -0.2) is 64.8 Å². The van der Waals surface area contributed by atoms with Crippen molar-refractivity contribution in [2.24, 2.45) is 34.3 Å². The number of carbonyl (C=O) groups is 5. The van der Waals surface area contributed by atoms with Crippen LogP contribution in [0.5, 0.6) is 0 Å². The van der Waals surface area contributed by atoms with Crippen LogP contribution in [0.2, 0.25) is 0 Å².